The number of carbonyl (C=O) groups is 1. The Morgan fingerprint density at radius 1 is 1.36 bits per heavy atom. The predicted molar refractivity (Wildman–Crippen MR) is 112 cm³/mol. The van der Waals surface area contributed by atoms with Gasteiger partial charge in [-0.1, -0.05) is 35.5 Å². The molecule has 1 N–H and O–H groups in total. The van der Waals surface area contributed by atoms with Crippen molar-refractivity contribution < 1.29 is 9.18 Å². The van der Waals surface area contributed by atoms with E-state index in [0.717, 1.165) is 17.3 Å². The SMILES string of the molecule is C=CCn1c(SCC(=O)Nc2ccc(C)cc2F)nc2cc(Cl)ccc2c1=O. The Morgan fingerprint density at radius 2 is 2.14 bits per heavy atom. The molecule has 1 aromatic heterocycles. The molecule has 0 spiro atoms. The molecular formula is C20H17ClFN3O2S. The molecule has 0 aliphatic carbocycles. The number of benzene rings is 2. The lowest BCUT2D eigenvalue weighted by molar-refractivity contribution is -0.113. The van der Waals surface area contributed by atoms with Crippen molar-refractivity contribution in [2.75, 3.05) is 11.1 Å². The first-order valence-electron chi connectivity index (χ1n) is 8.39. The number of thioether (sulfide) groups is 1. The van der Waals surface area contributed by atoms with Crippen LogP contribution < -0.4 is 10.9 Å². The van der Waals surface area contributed by atoms with Gasteiger partial charge in [0, 0.05) is 11.6 Å². The van der Waals surface area contributed by atoms with E-state index in [1.165, 1.54) is 16.7 Å². The Morgan fingerprint density at radius 3 is 2.86 bits per heavy atom. The molecule has 1 amide bonds. The number of anilines is 1. The van der Waals surface area contributed by atoms with Crippen molar-refractivity contribution in [1.82, 2.24) is 9.55 Å². The van der Waals surface area contributed by atoms with E-state index in [9.17, 15) is 14.0 Å². The van der Waals surface area contributed by atoms with E-state index in [2.05, 4.69) is 16.9 Å². The summed E-state index contributed by atoms with van der Waals surface area (Å²) in [5.74, 6) is -0.943. The summed E-state index contributed by atoms with van der Waals surface area (Å²) in [7, 11) is 0. The maximum Gasteiger partial charge on any atom is 0.262 e. The number of aromatic nitrogens is 2. The quantitative estimate of drug-likeness (QED) is 0.366. The van der Waals surface area contributed by atoms with Crippen molar-refractivity contribution >= 4 is 45.9 Å². The molecular weight excluding hydrogens is 401 g/mol. The fraction of sp³-hybridized carbons (Fsp3) is 0.150. The van der Waals surface area contributed by atoms with Gasteiger partial charge in [-0.3, -0.25) is 14.2 Å². The second-order valence-electron chi connectivity index (χ2n) is 6.08. The third kappa shape index (κ3) is 4.43. The normalized spacial score (nSPS) is 10.8. The second-order valence-corrected chi connectivity index (χ2v) is 7.46. The van der Waals surface area contributed by atoms with Crippen LogP contribution in [0.15, 0.2) is 59.0 Å². The molecule has 0 fully saturated rings. The third-order valence-corrected chi connectivity index (χ3v) is 5.14. The van der Waals surface area contributed by atoms with E-state index < -0.39 is 11.7 Å². The Kier molecular flexibility index (Phi) is 6.16. The molecule has 0 aliphatic heterocycles. The van der Waals surface area contributed by atoms with Crippen molar-refractivity contribution in [2.45, 2.75) is 18.6 Å². The Labute approximate surface area is 170 Å². The van der Waals surface area contributed by atoms with Gasteiger partial charge < -0.3 is 5.32 Å². The summed E-state index contributed by atoms with van der Waals surface area (Å²) in [6.07, 6.45) is 1.58. The number of allylic oxidation sites excluding steroid dienone is 1. The molecule has 0 saturated carbocycles. The largest absolute Gasteiger partial charge is 0.323 e. The van der Waals surface area contributed by atoms with Crippen molar-refractivity contribution in [3.8, 4) is 0 Å². The minimum Gasteiger partial charge on any atom is -0.323 e. The summed E-state index contributed by atoms with van der Waals surface area (Å²) in [4.78, 5) is 29.4. The van der Waals surface area contributed by atoms with E-state index in [0.29, 0.717) is 21.1 Å². The lowest BCUT2D eigenvalue weighted by atomic mass is 10.2. The van der Waals surface area contributed by atoms with Crippen LogP contribution in [0.3, 0.4) is 0 Å². The highest BCUT2D eigenvalue weighted by atomic mass is 35.5. The summed E-state index contributed by atoms with van der Waals surface area (Å²) < 4.78 is 15.3. The highest BCUT2D eigenvalue weighted by Crippen LogP contribution is 2.21. The van der Waals surface area contributed by atoms with Crippen LogP contribution in [0.5, 0.6) is 0 Å². The first kappa shape index (κ1) is 20.1. The topological polar surface area (TPSA) is 64.0 Å². The Bertz CT molecular complexity index is 1130. The number of halogens is 2. The first-order valence-corrected chi connectivity index (χ1v) is 9.75. The van der Waals surface area contributed by atoms with Crippen molar-refractivity contribution in [2.24, 2.45) is 0 Å². The highest BCUT2D eigenvalue weighted by molar-refractivity contribution is 7.99. The van der Waals surface area contributed by atoms with Crippen LogP contribution in [0.1, 0.15) is 5.56 Å². The maximum atomic E-state index is 13.9. The zero-order valence-corrected chi connectivity index (χ0v) is 16.6. The fourth-order valence-corrected chi connectivity index (χ4v) is 3.59. The fourth-order valence-electron chi connectivity index (χ4n) is 2.61. The van der Waals surface area contributed by atoms with Gasteiger partial charge in [-0.05, 0) is 42.8 Å². The van der Waals surface area contributed by atoms with Gasteiger partial charge in [0.15, 0.2) is 5.16 Å². The minimum atomic E-state index is -0.500. The Balaban J connectivity index is 1.84. The smallest absolute Gasteiger partial charge is 0.262 e. The van der Waals surface area contributed by atoms with E-state index >= 15 is 0 Å². The number of carbonyl (C=O) groups excluding carboxylic acids is 1. The van der Waals surface area contributed by atoms with Crippen LogP contribution in [0.2, 0.25) is 5.02 Å². The molecule has 28 heavy (non-hydrogen) atoms. The molecule has 0 unspecified atom stereocenters. The molecule has 5 nitrogen and oxygen atoms in total. The molecule has 0 bridgehead atoms. The number of fused-ring (bicyclic) bond motifs is 1. The van der Waals surface area contributed by atoms with Crippen molar-refractivity contribution in [3.05, 3.63) is 75.8 Å². The van der Waals surface area contributed by atoms with Crippen molar-refractivity contribution in [1.29, 1.82) is 0 Å². The first-order chi connectivity index (χ1) is 13.4. The van der Waals surface area contributed by atoms with Crippen LogP contribution in [0.4, 0.5) is 10.1 Å². The third-order valence-electron chi connectivity index (χ3n) is 3.93. The molecule has 0 radical (unpaired) electrons. The van der Waals surface area contributed by atoms with Gasteiger partial charge in [0.05, 0.1) is 22.3 Å². The number of hydrogen-bond donors (Lipinski definition) is 1. The molecule has 8 heteroatoms. The number of aryl methyl sites for hydroxylation is 1. The standard InChI is InChI=1S/C20H17ClFN3O2S/c1-3-8-25-19(27)14-6-5-13(21)10-17(14)24-20(25)28-11-18(26)23-16-7-4-12(2)9-15(16)22/h3-7,9-10H,1,8,11H2,2H3,(H,23,26). The number of amides is 1. The van der Waals surface area contributed by atoms with Gasteiger partial charge in [0.1, 0.15) is 5.82 Å². The molecule has 0 aliphatic rings. The summed E-state index contributed by atoms with van der Waals surface area (Å²) in [6, 6.07) is 9.41. The molecule has 1 heterocycles. The summed E-state index contributed by atoms with van der Waals surface area (Å²) in [5.41, 5.74) is 1.08. The maximum absolute atomic E-state index is 13.9. The average Bonchev–Trinajstić information content (AvgIpc) is 2.65. The van der Waals surface area contributed by atoms with Gasteiger partial charge in [0.25, 0.3) is 5.56 Å². The van der Waals surface area contributed by atoms with Crippen LogP contribution in [0, 0.1) is 12.7 Å². The molecule has 3 rings (SSSR count). The number of rotatable bonds is 6. The molecule has 144 valence electrons. The van der Waals surface area contributed by atoms with Crippen LogP contribution in [0.25, 0.3) is 10.9 Å². The summed E-state index contributed by atoms with van der Waals surface area (Å²) >= 11 is 7.08. The minimum absolute atomic E-state index is 0.0387. The number of hydrogen-bond acceptors (Lipinski definition) is 4. The Hall–Kier alpha value is -2.64. The van der Waals surface area contributed by atoms with Crippen LogP contribution in [-0.4, -0.2) is 21.2 Å². The average molecular weight is 418 g/mol. The van der Waals surface area contributed by atoms with E-state index in [1.54, 1.807) is 37.3 Å². The van der Waals surface area contributed by atoms with Gasteiger partial charge in [0.2, 0.25) is 5.91 Å². The van der Waals surface area contributed by atoms with Crippen LogP contribution >= 0.6 is 23.4 Å². The van der Waals surface area contributed by atoms with Gasteiger partial charge in [-0.25, -0.2) is 9.37 Å². The molecule has 0 atom stereocenters. The second kappa shape index (κ2) is 8.58. The zero-order chi connectivity index (χ0) is 20.3. The molecule has 3 aromatic rings. The number of nitrogens with one attached hydrogen (secondary N) is 1. The lowest BCUT2D eigenvalue weighted by Crippen LogP contribution is -2.24. The van der Waals surface area contributed by atoms with E-state index in [4.69, 9.17) is 11.6 Å². The monoisotopic (exact) mass is 417 g/mol. The summed E-state index contributed by atoms with van der Waals surface area (Å²) in [6.45, 7) is 5.68. The molecule has 2 aromatic carbocycles. The van der Waals surface area contributed by atoms with Gasteiger partial charge >= 0.3 is 0 Å². The van der Waals surface area contributed by atoms with Gasteiger partial charge in [-0.15, -0.1) is 6.58 Å². The zero-order valence-electron chi connectivity index (χ0n) is 15.0. The predicted octanol–water partition coefficient (Wildman–Crippen LogP) is 4.41. The van der Waals surface area contributed by atoms with Gasteiger partial charge in [-0.2, -0.15) is 0 Å². The summed E-state index contributed by atoms with van der Waals surface area (Å²) in [5, 5.41) is 3.78. The van der Waals surface area contributed by atoms with E-state index in [-0.39, 0.29) is 23.5 Å². The lowest BCUT2D eigenvalue weighted by Gasteiger charge is -2.12. The molecule has 0 saturated heterocycles. The van der Waals surface area contributed by atoms with E-state index in [1.807, 2.05) is 0 Å². The van der Waals surface area contributed by atoms with Crippen molar-refractivity contribution in [3.63, 3.8) is 0 Å². The number of nitrogens with zero attached hydrogens (tertiary/aromatic N) is 2. The van der Waals surface area contributed by atoms with Crippen LogP contribution in [-0.2, 0) is 11.3 Å². The highest BCUT2D eigenvalue weighted by Gasteiger charge is 2.14.